The molecule has 0 saturated carbocycles. The Labute approximate surface area is 111 Å². The van der Waals surface area contributed by atoms with Crippen molar-refractivity contribution in [2.75, 3.05) is 5.75 Å². The lowest BCUT2D eigenvalue weighted by Gasteiger charge is -2.12. The van der Waals surface area contributed by atoms with E-state index < -0.39 is 11.0 Å². The molecule has 0 aliphatic heterocycles. The molecule has 94 valence electrons. The maximum atomic E-state index is 11.6. The maximum absolute atomic E-state index is 11.6. The highest BCUT2D eigenvalue weighted by Crippen LogP contribution is 2.13. The fraction of sp³-hybridized carbons (Fsp3) is 0.462. The molecular weight excluding hydrogens is 250 g/mol. The highest BCUT2D eigenvalue weighted by Gasteiger charge is 2.17. The number of hydrogen-bond acceptors (Lipinski definition) is 2. The van der Waals surface area contributed by atoms with Gasteiger partial charge in [0.15, 0.2) is 0 Å². The van der Waals surface area contributed by atoms with E-state index in [9.17, 15) is 4.21 Å². The smallest absolute Gasteiger partial charge is 0.144 e. The van der Waals surface area contributed by atoms with E-state index in [1.807, 2.05) is 39.0 Å². The van der Waals surface area contributed by atoms with Crippen molar-refractivity contribution in [1.82, 2.24) is 0 Å². The highest BCUT2D eigenvalue weighted by atomic mass is 32.2. The Hall–Kier alpha value is -0.610. The van der Waals surface area contributed by atoms with Gasteiger partial charge in [-0.3, -0.25) is 0 Å². The third kappa shape index (κ3) is 6.03. The lowest BCUT2D eigenvalue weighted by atomic mass is 10.2. The number of rotatable bonds is 5. The predicted octanol–water partition coefficient (Wildman–Crippen LogP) is 3.45. The van der Waals surface area contributed by atoms with Gasteiger partial charge in [0.1, 0.15) is 11.0 Å². The zero-order valence-electron chi connectivity index (χ0n) is 10.6. The Kier molecular flexibility index (Phi) is 5.92. The second-order valence-electron chi connectivity index (χ2n) is 4.65. The second kappa shape index (κ2) is 6.97. The zero-order chi connectivity index (χ0) is 12.7. The summed E-state index contributed by atoms with van der Waals surface area (Å²) < 4.78 is 15.4. The van der Waals surface area contributed by atoms with Gasteiger partial charge in [0.05, 0.1) is 4.75 Å². The van der Waals surface area contributed by atoms with Gasteiger partial charge < -0.3 is 0 Å². The van der Waals surface area contributed by atoms with Crippen molar-refractivity contribution in [1.29, 1.82) is 0 Å². The summed E-state index contributed by atoms with van der Waals surface area (Å²) in [6.45, 7) is 5.78. The average molecular weight is 269 g/mol. The Morgan fingerprint density at radius 3 is 2.53 bits per heavy atom. The van der Waals surface area contributed by atoms with Crippen molar-refractivity contribution in [2.45, 2.75) is 31.3 Å². The van der Waals surface area contributed by atoms with Crippen LogP contribution in [0.1, 0.15) is 26.3 Å². The van der Waals surface area contributed by atoms with Gasteiger partial charge in [0, 0.05) is 17.7 Å². The molecule has 0 N–H and O–H groups in total. The SMILES string of the molecule is CC(C)(C)[S@@](=O)/N=C\CSCc1ccccc1. The summed E-state index contributed by atoms with van der Waals surface area (Å²) in [5.41, 5.74) is 1.31. The van der Waals surface area contributed by atoms with Crippen LogP contribution in [0.4, 0.5) is 0 Å². The predicted molar refractivity (Wildman–Crippen MR) is 79.0 cm³/mol. The van der Waals surface area contributed by atoms with Gasteiger partial charge in [0.2, 0.25) is 0 Å². The van der Waals surface area contributed by atoms with E-state index in [1.54, 1.807) is 18.0 Å². The molecule has 0 aliphatic rings. The summed E-state index contributed by atoms with van der Waals surface area (Å²) in [5.74, 6) is 1.77. The Bertz CT molecular complexity index is 382. The molecule has 1 atom stereocenters. The molecule has 0 saturated heterocycles. The standard InChI is InChI=1S/C13H19NOS2/c1-13(2,3)17(15)14-9-10-16-11-12-7-5-4-6-8-12/h4-9H,10-11H2,1-3H3/b14-9-/t17-/m1/s1. The average Bonchev–Trinajstić information content (AvgIpc) is 2.28. The minimum absolute atomic E-state index is 0.263. The Balaban J connectivity index is 2.25. The van der Waals surface area contributed by atoms with E-state index in [-0.39, 0.29) is 4.75 Å². The van der Waals surface area contributed by atoms with Crippen molar-refractivity contribution < 1.29 is 4.21 Å². The summed E-state index contributed by atoms with van der Waals surface area (Å²) in [4.78, 5) is 0. The largest absolute Gasteiger partial charge is 0.234 e. The normalized spacial score (nSPS) is 14.1. The monoisotopic (exact) mass is 269 g/mol. The lowest BCUT2D eigenvalue weighted by Crippen LogP contribution is -2.19. The first-order valence-corrected chi connectivity index (χ1v) is 7.82. The van der Waals surface area contributed by atoms with Crippen LogP contribution in [0.3, 0.4) is 0 Å². The molecule has 0 bridgehead atoms. The minimum Gasteiger partial charge on any atom is -0.234 e. The minimum atomic E-state index is -1.13. The van der Waals surface area contributed by atoms with Gasteiger partial charge in [0.25, 0.3) is 0 Å². The van der Waals surface area contributed by atoms with Crippen LogP contribution >= 0.6 is 11.8 Å². The molecule has 0 heterocycles. The number of hydrogen-bond donors (Lipinski definition) is 0. The molecule has 0 aliphatic carbocycles. The molecule has 4 heteroatoms. The molecule has 1 rings (SSSR count). The summed E-state index contributed by atoms with van der Waals surface area (Å²) >= 11 is 1.78. The first-order chi connectivity index (χ1) is 8.00. The fourth-order valence-corrected chi connectivity index (χ4v) is 2.41. The molecule has 0 radical (unpaired) electrons. The van der Waals surface area contributed by atoms with Crippen molar-refractivity contribution in [2.24, 2.45) is 4.40 Å². The van der Waals surface area contributed by atoms with Crippen LogP contribution in [0.25, 0.3) is 0 Å². The molecule has 0 fully saturated rings. The summed E-state index contributed by atoms with van der Waals surface area (Å²) in [6.07, 6.45) is 1.76. The fourth-order valence-electron chi connectivity index (χ4n) is 1.06. The van der Waals surface area contributed by atoms with Crippen molar-refractivity contribution in [3.8, 4) is 0 Å². The van der Waals surface area contributed by atoms with Crippen LogP contribution in [-0.4, -0.2) is 20.9 Å². The molecule has 17 heavy (non-hydrogen) atoms. The zero-order valence-corrected chi connectivity index (χ0v) is 12.2. The van der Waals surface area contributed by atoms with Crippen LogP contribution in [-0.2, 0) is 16.7 Å². The van der Waals surface area contributed by atoms with Crippen molar-refractivity contribution in [3.63, 3.8) is 0 Å². The molecule has 1 aromatic carbocycles. The van der Waals surface area contributed by atoms with Crippen LogP contribution < -0.4 is 0 Å². The van der Waals surface area contributed by atoms with Crippen molar-refractivity contribution in [3.05, 3.63) is 35.9 Å². The molecule has 0 spiro atoms. The van der Waals surface area contributed by atoms with Crippen LogP contribution in [0.2, 0.25) is 0 Å². The first kappa shape index (κ1) is 14.5. The number of thioether (sulfide) groups is 1. The van der Waals surface area contributed by atoms with Gasteiger partial charge in [-0.25, -0.2) is 4.21 Å². The van der Waals surface area contributed by atoms with Gasteiger partial charge in [-0.15, -0.1) is 0 Å². The van der Waals surface area contributed by atoms with E-state index in [2.05, 4.69) is 16.5 Å². The molecule has 0 aromatic heterocycles. The summed E-state index contributed by atoms with van der Waals surface area (Å²) in [6, 6.07) is 10.3. The number of benzene rings is 1. The Morgan fingerprint density at radius 2 is 1.94 bits per heavy atom. The molecule has 2 nitrogen and oxygen atoms in total. The van der Waals surface area contributed by atoms with Gasteiger partial charge >= 0.3 is 0 Å². The van der Waals surface area contributed by atoms with Crippen LogP contribution in [0, 0.1) is 0 Å². The second-order valence-corrected chi connectivity index (χ2v) is 7.61. The van der Waals surface area contributed by atoms with Gasteiger partial charge in [-0.1, -0.05) is 30.3 Å². The Morgan fingerprint density at radius 1 is 1.29 bits per heavy atom. The van der Waals surface area contributed by atoms with Crippen LogP contribution in [0.5, 0.6) is 0 Å². The van der Waals surface area contributed by atoms with Gasteiger partial charge in [-0.2, -0.15) is 16.2 Å². The third-order valence-corrected chi connectivity index (χ3v) is 4.31. The van der Waals surface area contributed by atoms with E-state index in [0.717, 1.165) is 11.5 Å². The summed E-state index contributed by atoms with van der Waals surface area (Å²) in [5, 5.41) is 0. The molecule has 0 unspecified atom stereocenters. The highest BCUT2D eigenvalue weighted by molar-refractivity contribution is 7.99. The van der Waals surface area contributed by atoms with Crippen LogP contribution in [0.15, 0.2) is 34.7 Å². The van der Waals surface area contributed by atoms with E-state index >= 15 is 0 Å². The van der Waals surface area contributed by atoms with E-state index in [1.165, 1.54) is 5.56 Å². The van der Waals surface area contributed by atoms with E-state index in [0.29, 0.717) is 0 Å². The molecule has 0 amide bonds. The quantitative estimate of drug-likeness (QED) is 0.605. The van der Waals surface area contributed by atoms with Crippen molar-refractivity contribution >= 4 is 29.0 Å². The molecule has 1 aromatic rings. The number of nitrogens with zero attached hydrogens (tertiary/aromatic N) is 1. The topological polar surface area (TPSA) is 29.4 Å². The first-order valence-electron chi connectivity index (χ1n) is 5.56. The van der Waals surface area contributed by atoms with E-state index in [4.69, 9.17) is 0 Å². The third-order valence-electron chi connectivity index (χ3n) is 2.00. The maximum Gasteiger partial charge on any atom is 0.144 e. The van der Waals surface area contributed by atoms with Gasteiger partial charge in [-0.05, 0) is 26.3 Å². The summed E-state index contributed by atoms with van der Waals surface area (Å²) in [7, 11) is -1.13. The molecular formula is C13H19NOS2. The lowest BCUT2D eigenvalue weighted by molar-refractivity contribution is 0.651.